The Morgan fingerprint density at radius 2 is 1.89 bits per heavy atom. The highest BCUT2D eigenvalue weighted by Crippen LogP contribution is 2.26. The quantitative estimate of drug-likeness (QED) is 0.638. The summed E-state index contributed by atoms with van der Waals surface area (Å²) in [6, 6.07) is 9.75. The lowest BCUT2D eigenvalue weighted by Crippen LogP contribution is -2.24. The van der Waals surface area contributed by atoms with Crippen molar-refractivity contribution in [3.8, 4) is 0 Å². The molecule has 4 heteroatoms. The molecule has 1 aromatic carbocycles. The minimum absolute atomic E-state index is 0.0772. The second-order valence-electron chi connectivity index (χ2n) is 4.91. The van der Waals surface area contributed by atoms with Gasteiger partial charge in [-0.05, 0) is 31.2 Å². The highest BCUT2D eigenvalue weighted by molar-refractivity contribution is 7.86. The van der Waals surface area contributed by atoms with E-state index in [1.807, 2.05) is 50.3 Å². The zero-order valence-corrected chi connectivity index (χ0v) is 12.5. The van der Waals surface area contributed by atoms with Crippen LogP contribution >= 0.6 is 0 Å². The molecule has 3 nitrogen and oxygen atoms in total. The lowest BCUT2D eigenvalue weighted by atomic mass is 9.94. The van der Waals surface area contributed by atoms with Gasteiger partial charge in [0.1, 0.15) is 5.25 Å². The normalized spacial score (nSPS) is 16.1. The number of benzene rings is 1. The van der Waals surface area contributed by atoms with Crippen LogP contribution in [0.3, 0.4) is 0 Å². The van der Waals surface area contributed by atoms with Crippen molar-refractivity contribution in [2.75, 3.05) is 0 Å². The molecule has 0 saturated heterocycles. The minimum Gasteiger partial charge on any atom is -0.285 e. The maximum Gasteiger partial charge on any atom is 0.271 e. The Balaban J connectivity index is 2.94. The van der Waals surface area contributed by atoms with Gasteiger partial charge in [0.15, 0.2) is 0 Å². The summed E-state index contributed by atoms with van der Waals surface area (Å²) in [4.78, 5) is 0. The van der Waals surface area contributed by atoms with Gasteiger partial charge in [-0.25, -0.2) is 0 Å². The topological polar surface area (TPSA) is 54.4 Å². The van der Waals surface area contributed by atoms with Gasteiger partial charge < -0.3 is 0 Å². The Kier molecular flexibility index (Phi) is 5.76. The molecule has 0 aliphatic rings. The second kappa shape index (κ2) is 6.87. The number of hydrogen-bond donors (Lipinski definition) is 1. The van der Waals surface area contributed by atoms with E-state index in [4.69, 9.17) is 0 Å². The summed E-state index contributed by atoms with van der Waals surface area (Å²) in [6.45, 7) is 5.69. The summed E-state index contributed by atoms with van der Waals surface area (Å²) in [5.74, 6) is 0.0772. The van der Waals surface area contributed by atoms with Crippen molar-refractivity contribution in [1.82, 2.24) is 0 Å². The van der Waals surface area contributed by atoms with Crippen LogP contribution in [-0.2, 0) is 10.1 Å². The van der Waals surface area contributed by atoms with Crippen LogP contribution in [0.15, 0.2) is 42.0 Å². The summed E-state index contributed by atoms with van der Waals surface area (Å²) in [6.07, 6.45) is 3.01. The molecule has 0 aliphatic carbocycles. The molecule has 0 radical (unpaired) electrons. The molecular weight excluding hydrogens is 260 g/mol. The average Bonchev–Trinajstić information content (AvgIpc) is 2.35. The van der Waals surface area contributed by atoms with Crippen LogP contribution in [-0.4, -0.2) is 18.2 Å². The van der Waals surface area contributed by atoms with Crippen LogP contribution in [0.25, 0.3) is 0 Å². The Hall–Kier alpha value is -1.13. The molecular formula is C15H22O3S. The molecule has 1 rings (SSSR count). The Morgan fingerprint density at radius 3 is 2.37 bits per heavy atom. The predicted molar refractivity (Wildman–Crippen MR) is 78.9 cm³/mol. The first kappa shape index (κ1) is 15.9. The van der Waals surface area contributed by atoms with Crippen LogP contribution in [0.2, 0.25) is 0 Å². The van der Waals surface area contributed by atoms with Crippen LogP contribution in [0.5, 0.6) is 0 Å². The molecule has 19 heavy (non-hydrogen) atoms. The van der Waals surface area contributed by atoms with E-state index < -0.39 is 15.4 Å². The highest BCUT2D eigenvalue weighted by atomic mass is 32.2. The van der Waals surface area contributed by atoms with E-state index in [0.29, 0.717) is 12.0 Å². The molecule has 0 amide bonds. The van der Waals surface area contributed by atoms with E-state index in [1.165, 1.54) is 0 Å². The second-order valence-corrected chi connectivity index (χ2v) is 6.51. The molecule has 1 N–H and O–H groups in total. The molecule has 106 valence electrons. The number of rotatable bonds is 6. The van der Waals surface area contributed by atoms with E-state index >= 15 is 0 Å². The molecule has 0 heterocycles. The van der Waals surface area contributed by atoms with Crippen molar-refractivity contribution in [2.24, 2.45) is 0 Å². The monoisotopic (exact) mass is 282 g/mol. The van der Waals surface area contributed by atoms with Gasteiger partial charge >= 0.3 is 0 Å². The van der Waals surface area contributed by atoms with Crippen LogP contribution in [0, 0.1) is 0 Å². The van der Waals surface area contributed by atoms with Gasteiger partial charge in [0.05, 0.1) is 0 Å². The first-order valence-corrected chi connectivity index (χ1v) is 8.04. The van der Waals surface area contributed by atoms with Gasteiger partial charge in [-0.3, -0.25) is 4.55 Å². The van der Waals surface area contributed by atoms with Crippen molar-refractivity contribution < 1.29 is 13.0 Å². The molecule has 1 aromatic rings. The van der Waals surface area contributed by atoms with Gasteiger partial charge in [-0.15, -0.1) is 0 Å². The average molecular weight is 282 g/mol. The van der Waals surface area contributed by atoms with Crippen molar-refractivity contribution in [2.45, 2.75) is 44.8 Å². The predicted octanol–water partition coefficient (Wildman–Crippen LogP) is 3.79. The molecule has 0 bridgehead atoms. The van der Waals surface area contributed by atoms with Gasteiger partial charge in [-0.2, -0.15) is 8.42 Å². The maximum atomic E-state index is 11.5. The van der Waals surface area contributed by atoms with Crippen LogP contribution in [0.1, 0.15) is 45.1 Å². The van der Waals surface area contributed by atoms with Gasteiger partial charge in [0.2, 0.25) is 0 Å². The SMILES string of the molecule is CCC=C(C)C(CC(C)c1ccccc1)S(=O)(=O)O. The zero-order valence-electron chi connectivity index (χ0n) is 11.7. The molecule has 0 saturated carbocycles. The summed E-state index contributed by atoms with van der Waals surface area (Å²) in [5, 5.41) is -0.817. The summed E-state index contributed by atoms with van der Waals surface area (Å²) in [5.41, 5.74) is 1.80. The molecule has 2 unspecified atom stereocenters. The van der Waals surface area contributed by atoms with Gasteiger partial charge in [0.25, 0.3) is 10.1 Å². The fourth-order valence-corrected chi connectivity index (χ4v) is 3.33. The van der Waals surface area contributed by atoms with Crippen LogP contribution < -0.4 is 0 Å². The van der Waals surface area contributed by atoms with Gasteiger partial charge in [-0.1, -0.05) is 55.8 Å². The molecule has 0 fully saturated rings. The fraction of sp³-hybridized carbons (Fsp3) is 0.467. The Bertz CT molecular complexity index is 518. The van der Waals surface area contributed by atoms with E-state index in [0.717, 1.165) is 12.0 Å². The van der Waals surface area contributed by atoms with Crippen molar-refractivity contribution in [1.29, 1.82) is 0 Å². The van der Waals surface area contributed by atoms with E-state index in [1.54, 1.807) is 6.92 Å². The van der Waals surface area contributed by atoms with Crippen LogP contribution in [0.4, 0.5) is 0 Å². The molecule has 2 atom stereocenters. The zero-order chi connectivity index (χ0) is 14.5. The lowest BCUT2D eigenvalue weighted by Gasteiger charge is -2.20. The third-order valence-corrected chi connectivity index (χ3v) is 4.61. The van der Waals surface area contributed by atoms with Crippen molar-refractivity contribution >= 4 is 10.1 Å². The molecule has 0 spiro atoms. The molecule has 0 aromatic heterocycles. The molecule has 0 aliphatic heterocycles. The number of hydrogen-bond acceptors (Lipinski definition) is 2. The summed E-state index contributed by atoms with van der Waals surface area (Å²) < 4.78 is 32.5. The smallest absolute Gasteiger partial charge is 0.271 e. The Morgan fingerprint density at radius 1 is 1.32 bits per heavy atom. The third kappa shape index (κ3) is 4.80. The fourth-order valence-electron chi connectivity index (χ4n) is 2.23. The van der Waals surface area contributed by atoms with Gasteiger partial charge in [0, 0.05) is 0 Å². The Labute approximate surface area is 116 Å². The van der Waals surface area contributed by atoms with E-state index in [2.05, 4.69) is 0 Å². The number of allylic oxidation sites excluding steroid dienone is 1. The largest absolute Gasteiger partial charge is 0.285 e. The first-order chi connectivity index (χ1) is 8.86. The van der Waals surface area contributed by atoms with Crippen molar-refractivity contribution in [3.05, 3.63) is 47.5 Å². The first-order valence-electron chi connectivity index (χ1n) is 6.54. The minimum atomic E-state index is -4.06. The van der Waals surface area contributed by atoms with Crippen molar-refractivity contribution in [3.63, 3.8) is 0 Å². The third-order valence-electron chi connectivity index (χ3n) is 3.33. The standard InChI is InChI=1S/C15H22O3S/c1-4-8-12(2)15(19(16,17)18)11-13(3)14-9-6-5-7-10-14/h5-10,13,15H,4,11H2,1-3H3,(H,16,17,18). The lowest BCUT2D eigenvalue weighted by molar-refractivity contribution is 0.464. The van der Waals surface area contributed by atoms with E-state index in [9.17, 15) is 13.0 Å². The summed E-state index contributed by atoms with van der Waals surface area (Å²) in [7, 11) is -4.06. The van der Waals surface area contributed by atoms with E-state index in [-0.39, 0.29) is 5.92 Å². The highest BCUT2D eigenvalue weighted by Gasteiger charge is 2.27. The maximum absolute atomic E-state index is 11.5. The summed E-state index contributed by atoms with van der Waals surface area (Å²) >= 11 is 0.